The minimum atomic E-state index is 0.510. The Balaban J connectivity index is 1.30. The molecule has 3 aromatic heterocycles. The summed E-state index contributed by atoms with van der Waals surface area (Å²) in [5.41, 5.74) is 2.77. The van der Waals surface area contributed by atoms with Gasteiger partial charge < -0.3 is 19.9 Å². The summed E-state index contributed by atoms with van der Waals surface area (Å²) < 4.78 is 7.72. The second-order valence-electron chi connectivity index (χ2n) is 7.53. The first-order chi connectivity index (χ1) is 13.2. The van der Waals surface area contributed by atoms with Crippen molar-refractivity contribution in [3.05, 3.63) is 24.2 Å². The summed E-state index contributed by atoms with van der Waals surface area (Å²) in [5.74, 6) is 3.04. The van der Waals surface area contributed by atoms with Crippen molar-refractivity contribution in [2.45, 2.75) is 26.8 Å². The number of anilines is 2. The Bertz CT molecular complexity index is 952. The molecule has 4 heterocycles. The second-order valence-corrected chi connectivity index (χ2v) is 7.53. The molecule has 2 N–H and O–H groups in total. The number of aromatic amines is 1. The Morgan fingerprint density at radius 3 is 2.93 bits per heavy atom. The van der Waals surface area contributed by atoms with Crippen LogP contribution >= 0.6 is 0 Å². The highest BCUT2D eigenvalue weighted by molar-refractivity contribution is 5.82. The van der Waals surface area contributed by atoms with Gasteiger partial charge in [0.05, 0.1) is 36.1 Å². The average molecular weight is 367 g/mol. The molecule has 0 spiro atoms. The van der Waals surface area contributed by atoms with Crippen LogP contribution in [-0.4, -0.2) is 55.9 Å². The van der Waals surface area contributed by atoms with Gasteiger partial charge in [0, 0.05) is 25.8 Å². The van der Waals surface area contributed by atoms with Crippen LogP contribution in [-0.2, 0) is 6.54 Å². The summed E-state index contributed by atoms with van der Waals surface area (Å²) in [5, 5.41) is 8.73. The second kappa shape index (κ2) is 6.53. The largest absolute Gasteiger partial charge is 0.477 e. The molecule has 1 aliphatic carbocycles. The van der Waals surface area contributed by atoms with Crippen molar-refractivity contribution in [1.82, 2.24) is 29.6 Å². The highest BCUT2D eigenvalue weighted by atomic mass is 16.5. The molecule has 8 nitrogen and oxygen atoms in total. The lowest BCUT2D eigenvalue weighted by Gasteiger charge is -2.17. The lowest BCUT2D eigenvalue weighted by molar-refractivity contribution is 0.285. The van der Waals surface area contributed by atoms with Gasteiger partial charge in [-0.3, -0.25) is 4.68 Å². The smallest absolute Gasteiger partial charge is 0.232 e. The molecule has 0 amide bonds. The predicted octanol–water partition coefficient (Wildman–Crippen LogP) is 2.56. The van der Waals surface area contributed by atoms with Crippen LogP contribution in [0.25, 0.3) is 11.0 Å². The number of fused-ring (bicyclic) bond motifs is 2. The van der Waals surface area contributed by atoms with Crippen LogP contribution in [0, 0.1) is 18.8 Å². The molecular weight excluding hydrogens is 342 g/mol. The molecule has 5 rings (SSSR count). The molecule has 0 bridgehead atoms. The van der Waals surface area contributed by atoms with Crippen LogP contribution in [0.4, 0.5) is 11.6 Å². The molecule has 2 atom stereocenters. The third kappa shape index (κ3) is 3.14. The highest BCUT2D eigenvalue weighted by Crippen LogP contribution is 2.44. The number of hydrogen-bond donors (Lipinski definition) is 2. The molecule has 8 heteroatoms. The number of nitrogens with one attached hydrogen (secondary N) is 2. The van der Waals surface area contributed by atoms with Crippen LogP contribution in [0.1, 0.15) is 19.0 Å². The fourth-order valence-corrected chi connectivity index (χ4v) is 4.04. The molecule has 2 unspecified atom stereocenters. The fraction of sp³-hybridized carbons (Fsp3) is 0.526. The summed E-state index contributed by atoms with van der Waals surface area (Å²) in [7, 11) is 0. The van der Waals surface area contributed by atoms with Crippen molar-refractivity contribution in [3.8, 4) is 5.88 Å². The van der Waals surface area contributed by atoms with E-state index in [2.05, 4.69) is 41.9 Å². The van der Waals surface area contributed by atoms with Gasteiger partial charge in [0.15, 0.2) is 0 Å². The van der Waals surface area contributed by atoms with E-state index in [1.165, 1.54) is 19.5 Å². The zero-order valence-electron chi connectivity index (χ0n) is 15.8. The SMILES string of the molecule is CCOc1nc(Nc2cnn(CCN3CC4CC4C3)c2C)nc2[nH]ccc12. The highest BCUT2D eigenvalue weighted by Gasteiger charge is 2.44. The van der Waals surface area contributed by atoms with Gasteiger partial charge in [0.2, 0.25) is 11.8 Å². The third-order valence-corrected chi connectivity index (χ3v) is 5.69. The number of ether oxygens (including phenoxy) is 1. The molecular formula is C19H25N7O. The van der Waals surface area contributed by atoms with E-state index in [-0.39, 0.29) is 0 Å². The van der Waals surface area contributed by atoms with E-state index in [0.717, 1.165) is 47.3 Å². The van der Waals surface area contributed by atoms with E-state index in [4.69, 9.17) is 4.74 Å². The molecule has 3 aromatic rings. The number of aromatic nitrogens is 5. The Hall–Kier alpha value is -2.61. The third-order valence-electron chi connectivity index (χ3n) is 5.69. The van der Waals surface area contributed by atoms with Crippen LogP contribution in [0.3, 0.4) is 0 Å². The number of likely N-dealkylation sites (tertiary alicyclic amines) is 1. The molecule has 2 aliphatic rings. The van der Waals surface area contributed by atoms with Gasteiger partial charge >= 0.3 is 0 Å². The quantitative estimate of drug-likeness (QED) is 0.668. The van der Waals surface area contributed by atoms with Crippen LogP contribution in [0.2, 0.25) is 0 Å². The lowest BCUT2D eigenvalue weighted by atomic mass is 10.3. The van der Waals surface area contributed by atoms with Gasteiger partial charge in [-0.25, -0.2) is 0 Å². The summed E-state index contributed by atoms with van der Waals surface area (Å²) >= 11 is 0. The van der Waals surface area contributed by atoms with E-state index in [0.29, 0.717) is 18.4 Å². The van der Waals surface area contributed by atoms with Crippen molar-refractivity contribution < 1.29 is 4.74 Å². The van der Waals surface area contributed by atoms with Gasteiger partial charge in [-0.2, -0.15) is 15.1 Å². The van der Waals surface area contributed by atoms with E-state index < -0.39 is 0 Å². The van der Waals surface area contributed by atoms with Crippen LogP contribution in [0.5, 0.6) is 5.88 Å². The zero-order valence-corrected chi connectivity index (χ0v) is 15.8. The zero-order chi connectivity index (χ0) is 18.4. The van der Waals surface area contributed by atoms with Crippen molar-refractivity contribution in [3.63, 3.8) is 0 Å². The van der Waals surface area contributed by atoms with E-state index in [1.54, 1.807) is 0 Å². The first kappa shape index (κ1) is 16.6. The molecule has 0 radical (unpaired) electrons. The van der Waals surface area contributed by atoms with Crippen LogP contribution in [0.15, 0.2) is 18.5 Å². The maximum absolute atomic E-state index is 5.66. The number of piperidine rings is 1. The van der Waals surface area contributed by atoms with E-state index >= 15 is 0 Å². The van der Waals surface area contributed by atoms with E-state index in [1.807, 2.05) is 25.4 Å². The summed E-state index contributed by atoms with van der Waals surface area (Å²) in [4.78, 5) is 14.7. The normalized spacial score (nSPS) is 21.6. The van der Waals surface area contributed by atoms with Crippen molar-refractivity contribution in [2.75, 3.05) is 31.6 Å². The van der Waals surface area contributed by atoms with E-state index in [9.17, 15) is 0 Å². The number of nitrogens with zero attached hydrogens (tertiary/aromatic N) is 5. The van der Waals surface area contributed by atoms with Gasteiger partial charge in [-0.05, 0) is 38.2 Å². The number of H-pyrrole nitrogens is 1. The Morgan fingerprint density at radius 1 is 1.26 bits per heavy atom. The van der Waals surface area contributed by atoms with Gasteiger partial charge in [0.1, 0.15) is 5.65 Å². The fourth-order valence-electron chi connectivity index (χ4n) is 4.04. The summed E-state index contributed by atoms with van der Waals surface area (Å²) in [6.45, 7) is 9.09. The van der Waals surface area contributed by atoms with Crippen molar-refractivity contribution in [2.24, 2.45) is 11.8 Å². The lowest BCUT2D eigenvalue weighted by Crippen LogP contribution is -2.27. The Kier molecular flexibility index (Phi) is 4.00. The van der Waals surface area contributed by atoms with Crippen molar-refractivity contribution >= 4 is 22.7 Å². The van der Waals surface area contributed by atoms with Crippen molar-refractivity contribution in [1.29, 1.82) is 0 Å². The van der Waals surface area contributed by atoms with Crippen LogP contribution < -0.4 is 10.1 Å². The standard InChI is InChI=1S/C19H25N7O/c1-3-27-18-15-4-5-20-17(15)23-19(24-18)22-16-9-21-26(12(16)2)7-6-25-10-13-8-14(13)11-25/h4-5,9,13-14H,3,6-8,10-11H2,1-2H3,(H2,20,22,23,24). The molecule has 27 heavy (non-hydrogen) atoms. The summed E-state index contributed by atoms with van der Waals surface area (Å²) in [6.07, 6.45) is 5.14. The minimum Gasteiger partial charge on any atom is -0.477 e. The maximum atomic E-state index is 5.66. The Morgan fingerprint density at radius 2 is 2.11 bits per heavy atom. The summed E-state index contributed by atoms with van der Waals surface area (Å²) in [6, 6.07) is 1.93. The Labute approximate surface area is 157 Å². The molecule has 2 fully saturated rings. The number of hydrogen-bond acceptors (Lipinski definition) is 6. The predicted molar refractivity (Wildman–Crippen MR) is 103 cm³/mol. The van der Waals surface area contributed by atoms with Gasteiger partial charge in [0.25, 0.3) is 0 Å². The first-order valence-corrected chi connectivity index (χ1v) is 9.71. The topological polar surface area (TPSA) is 83.9 Å². The number of rotatable bonds is 7. The van der Waals surface area contributed by atoms with Gasteiger partial charge in [-0.15, -0.1) is 0 Å². The minimum absolute atomic E-state index is 0.510. The molecule has 1 saturated heterocycles. The molecule has 1 aliphatic heterocycles. The molecule has 1 saturated carbocycles. The van der Waals surface area contributed by atoms with Gasteiger partial charge in [-0.1, -0.05) is 0 Å². The average Bonchev–Trinajstić information content (AvgIpc) is 3.03. The first-order valence-electron chi connectivity index (χ1n) is 9.71. The monoisotopic (exact) mass is 367 g/mol. The molecule has 142 valence electrons. The molecule has 0 aromatic carbocycles. The maximum Gasteiger partial charge on any atom is 0.232 e.